The number of nitrogens with zero attached hydrogens (tertiary/aromatic N) is 1. The van der Waals surface area contributed by atoms with E-state index in [2.05, 4.69) is 5.32 Å². The number of anilines is 1. The van der Waals surface area contributed by atoms with E-state index in [1.807, 2.05) is 29.2 Å². The highest BCUT2D eigenvalue weighted by molar-refractivity contribution is 5.90. The molecule has 4 rings (SSSR count). The van der Waals surface area contributed by atoms with Crippen LogP contribution >= 0.6 is 0 Å². The molecular weight excluding hydrogens is 383 g/mol. The summed E-state index contributed by atoms with van der Waals surface area (Å²) < 4.78 is 19.6. The Bertz CT molecular complexity index is 1060. The van der Waals surface area contributed by atoms with Crippen molar-refractivity contribution in [3.8, 4) is 11.3 Å². The lowest BCUT2D eigenvalue weighted by molar-refractivity contribution is -0.128. The molecule has 2 heterocycles. The number of furan rings is 1. The lowest BCUT2D eigenvalue weighted by atomic mass is 10.1. The van der Waals surface area contributed by atoms with Gasteiger partial charge in [0.2, 0.25) is 11.8 Å². The Balaban J connectivity index is 1.32. The summed E-state index contributed by atoms with van der Waals surface area (Å²) in [6, 6.07) is 17.5. The van der Waals surface area contributed by atoms with Gasteiger partial charge >= 0.3 is 0 Å². The topological polar surface area (TPSA) is 62.6 Å². The summed E-state index contributed by atoms with van der Waals surface area (Å²) in [5.41, 5.74) is 2.10. The maximum Gasteiger partial charge on any atom is 0.224 e. The fraction of sp³-hybridized carbons (Fsp3) is 0.250. The van der Waals surface area contributed by atoms with Crippen molar-refractivity contribution in [2.45, 2.75) is 32.2 Å². The SMILES string of the molecule is O=C(CCc1ccc(-c2ccccc2F)o1)Nc1cccc(CN2CCCC2=O)c1. The van der Waals surface area contributed by atoms with Crippen molar-refractivity contribution in [1.82, 2.24) is 4.90 Å². The number of benzene rings is 2. The molecule has 0 saturated carbocycles. The number of halogens is 1. The van der Waals surface area contributed by atoms with Crippen LogP contribution in [0.25, 0.3) is 11.3 Å². The molecule has 0 aliphatic carbocycles. The van der Waals surface area contributed by atoms with Crippen molar-refractivity contribution < 1.29 is 18.4 Å². The molecule has 5 nitrogen and oxygen atoms in total. The zero-order valence-corrected chi connectivity index (χ0v) is 16.6. The van der Waals surface area contributed by atoms with E-state index in [0.29, 0.717) is 42.2 Å². The van der Waals surface area contributed by atoms with Crippen LogP contribution in [0.2, 0.25) is 0 Å². The molecule has 0 radical (unpaired) electrons. The minimum absolute atomic E-state index is 0.131. The van der Waals surface area contributed by atoms with E-state index in [0.717, 1.165) is 18.5 Å². The quantitative estimate of drug-likeness (QED) is 0.614. The van der Waals surface area contributed by atoms with Crippen LogP contribution in [0.15, 0.2) is 65.1 Å². The molecule has 3 aromatic rings. The Morgan fingerprint density at radius 3 is 2.77 bits per heavy atom. The van der Waals surface area contributed by atoms with Crippen molar-refractivity contribution in [3.05, 3.63) is 77.8 Å². The minimum atomic E-state index is -0.341. The third-order valence-corrected chi connectivity index (χ3v) is 5.15. The smallest absolute Gasteiger partial charge is 0.224 e. The highest BCUT2D eigenvalue weighted by Crippen LogP contribution is 2.25. The van der Waals surface area contributed by atoms with Gasteiger partial charge in [-0.2, -0.15) is 0 Å². The van der Waals surface area contributed by atoms with Crippen LogP contribution in [0.5, 0.6) is 0 Å². The molecule has 30 heavy (non-hydrogen) atoms. The third-order valence-electron chi connectivity index (χ3n) is 5.15. The largest absolute Gasteiger partial charge is 0.461 e. The van der Waals surface area contributed by atoms with Crippen molar-refractivity contribution >= 4 is 17.5 Å². The van der Waals surface area contributed by atoms with Crippen LogP contribution in [0.3, 0.4) is 0 Å². The van der Waals surface area contributed by atoms with E-state index in [1.54, 1.807) is 30.3 Å². The highest BCUT2D eigenvalue weighted by atomic mass is 19.1. The van der Waals surface area contributed by atoms with Gasteiger partial charge in [0.25, 0.3) is 0 Å². The average Bonchev–Trinajstić information content (AvgIpc) is 3.36. The van der Waals surface area contributed by atoms with Gasteiger partial charge in [-0.15, -0.1) is 0 Å². The molecule has 2 amide bonds. The van der Waals surface area contributed by atoms with E-state index >= 15 is 0 Å². The Hall–Kier alpha value is -3.41. The molecule has 154 valence electrons. The van der Waals surface area contributed by atoms with Crippen molar-refractivity contribution in [2.75, 3.05) is 11.9 Å². The molecule has 0 atom stereocenters. The number of amides is 2. The third kappa shape index (κ3) is 4.76. The Labute approximate surface area is 174 Å². The lowest BCUT2D eigenvalue weighted by Crippen LogP contribution is -2.23. The number of nitrogens with one attached hydrogen (secondary N) is 1. The molecule has 1 N–H and O–H groups in total. The molecule has 1 fully saturated rings. The maximum atomic E-state index is 13.9. The summed E-state index contributed by atoms with van der Waals surface area (Å²) >= 11 is 0. The molecule has 0 unspecified atom stereocenters. The van der Waals surface area contributed by atoms with Crippen LogP contribution in [-0.4, -0.2) is 23.3 Å². The van der Waals surface area contributed by atoms with Crippen molar-refractivity contribution in [1.29, 1.82) is 0 Å². The Morgan fingerprint density at radius 2 is 1.97 bits per heavy atom. The summed E-state index contributed by atoms with van der Waals surface area (Å²) in [5, 5.41) is 2.89. The van der Waals surface area contributed by atoms with Gasteiger partial charge in [-0.05, 0) is 48.4 Å². The normalized spacial score (nSPS) is 13.6. The molecule has 1 saturated heterocycles. The van der Waals surface area contributed by atoms with E-state index in [-0.39, 0.29) is 24.1 Å². The van der Waals surface area contributed by atoms with E-state index in [1.165, 1.54) is 6.07 Å². The molecule has 1 aliphatic rings. The van der Waals surface area contributed by atoms with Gasteiger partial charge in [0.05, 0.1) is 5.56 Å². The van der Waals surface area contributed by atoms with Gasteiger partial charge < -0.3 is 14.6 Å². The highest BCUT2D eigenvalue weighted by Gasteiger charge is 2.20. The second-order valence-electron chi connectivity index (χ2n) is 7.41. The first-order valence-electron chi connectivity index (χ1n) is 10.1. The fourth-order valence-electron chi connectivity index (χ4n) is 3.62. The molecule has 6 heteroatoms. The fourth-order valence-corrected chi connectivity index (χ4v) is 3.62. The van der Waals surface area contributed by atoms with Gasteiger partial charge in [-0.1, -0.05) is 24.3 Å². The van der Waals surface area contributed by atoms with Crippen molar-refractivity contribution in [2.24, 2.45) is 0 Å². The standard InChI is InChI=1S/C24H23FN2O3/c25-21-8-2-1-7-20(21)22-12-10-19(30-22)11-13-23(28)26-18-6-3-5-17(15-18)16-27-14-4-9-24(27)29/h1-3,5-8,10,12,15H,4,9,11,13-14,16H2,(H,26,28). The summed E-state index contributed by atoms with van der Waals surface area (Å²) in [7, 11) is 0. The predicted octanol–water partition coefficient (Wildman–Crippen LogP) is 4.78. The Kier molecular flexibility index (Phi) is 5.93. The zero-order chi connectivity index (χ0) is 20.9. The van der Waals surface area contributed by atoms with Crippen LogP contribution < -0.4 is 5.32 Å². The van der Waals surface area contributed by atoms with Gasteiger partial charge in [0, 0.05) is 38.0 Å². The maximum absolute atomic E-state index is 13.9. The number of carbonyl (C=O) groups excluding carboxylic acids is 2. The van der Waals surface area contributed by atoms with Crippen LogP contribution in [0, 0.1) is 5.82 Å². The molecule has 0 spiro atoms. The van der Waals surface area contributed by atoms with E-state index in [4.69, 9.17) is 4.42 Å². The summed E-state index contributed by atoms with van der Waals surface area (Å²) in [4.78, 5) is 26.0. The lowest BCUT2D eigenvalue weighted by Gasteiger charge is -2.16. The number of hydrogen-bond acceptors (Lipinski definition) is 3. The molecule has 2 aromatic carbocycles. The molecule has 1 aliphatic heterocycles. The van der Waals surface area contributed by atoms with E-state index in [9.17, 15) is 14.0 Å². The number of rotatable bonds is 7. The molecule has 0 bridgehead atoms. The molecular formula is C24H23FN2O3. The van der Waals surface area contributed by atoms with Gasteiger partial charge in [0.15, 0.2) is 0 Å². The number of carbonyl (C=O) groups is 2. The van der Waals surface area contributed by atoms with Crippen LogP contribution in [0.4, 0.5) is 10.1 Å². The Morgan fingerprint density at radius 1 is 1.10 bits per heavy atom. The van der Waals surface area contributed by atoms with Crippen molar-refractivity contribution in [3.63, 3.8) is 0 Å². The van der Waals surface area contributed by atoms with Gasteiger partial charge in [-0.25, -0.2) is 4.39 Å². The monoisotopic (exact) mass is 406 g/mol. The number of likely N-dealkylation sites (tertiary alicyclic amines) is 1. The van der Waals surface area contributed by atoms with Gasteiger partial charge in [0.1, 0.15) is 17.3 Å². The number of aryl methyl sites for hydroxylation is 1. The second kappa shape index (κ2) is 8.95. The average molecular weight is 406 g/mol. The first-order chi connectivity index (χ1) is 14.6. The second-order valence-corrected chi connectivity index (χ2v) is 7.41. The zero-order valence-electron chi connectivity index (χ0n) is 16.6. The summed E-state index contributed by atoms with van der Waals surface area (Å²) in [5.74, 6) is 0.787. The molecule has 1 aromatic heterocycles. The van der Waals surface area contributed by atoms with E-state index < -0.39 is 0 Å². The first-order valence-corrected chi connectivity index (χ1v) is 10.1. The van der Waals surface area contributed by atoms with Crippen LogP contribution in [-0.2, 0) is 22.6 Å². The summed E-state index contributed by atoms with van der Waals surface area (Å²) in [6.07, 6.45) is 2.18. The minimum Gasteiger partial charge on any atom is -0.461 e. The predicted molar refractivity (Wildman–Crippen MR) is 112 cm³/mol. The summed E-state index contributed by atoms with van der Waals surface area (Å²) in [6.45, 7) is 1.35. The first kappa shape index (κ1) is 19.9. The van der Waals surface area contributed by atoms with Crippen LogP contribution in [0.1, 0.15) is 30.6 Å². The number of hydrogen-bond donors (Lipinski definition) is 1. The van der Waals surface area contributed by atoms with Gasteiger partial charge in [-0.3, -0.25) is 9.59 Å².